The summed E-state index contributed by atoms with van der Waals surface area (Å²) < 4.78 is 19.3. The van der Waals surface area contributed by atoms with Gasteiger partial charge >= 0.3 is 0 Å². The average Bonchev–Trinajstić information content (AvgIpc) is 3.10. The highest BCUT2D eigenvalue weighted by Crippen LogP contribution is 2.20. The zero-order chi connectivity index (χ0) is 16.1. The molecule has 1 N–H and O–H groups in total. The number of ether oxygens (including phenoxy) is 1. The quantitative estimate of drug-likeness (QED) is 0.407. The van der Waals surface area contributed by atoms with Gasteiger partial charge in [-0.15, -0.1) is 0 Å². The maximum absolute atomic E-state index is 13.7. The summed E-state index contributed by atoms with van der Waals surface area (Å²) in [5.74, 6) is 0.159. The summed E-state index contributed by atoms with van der Waals surface area (Å²) in [5, 5.41) is 18.3. The number of hydrogen-bond acceptors (Lipinski definition) is 5. The van der Waals surface area contributed by atoms with Gasteiger partial charge < -0.3 is 9.94 Å². The maximum atomic E-state index is 13.7. The third-order valence-electron chi connectivity index (χ3n) is 3.36. The summed E-state index contributed by atoms with van der Waals surface area (Å²) in [7, 11) is 0. The number of halogens is 1. The molecule has 0 radical (unpaired) electrons. The molecule has 0 aliphatic carbocycles. The summed E-state index contributed by atoms with van der Waals surface area (Å²) in [6, 6.07) is 9.79. The molecule has 0 fully saturated rings. The van der Waals surface area contributed by atoms with Crippen LogP contribution >= 0.6 is 0 Å². The molecule has 3 rings (SSSR count). The second-order valence-corrected chi connectivity index (χ2v) is 4.87. The molecule has 1 aromatic carbocycles. The normalized spacial score (nSPS) is 14.3. The Kier molecular flexibility index (Phi) is 4.46. The van der Waals surface area contributed by atoms with E-state index in [4.69, 9.17) is 4.74 Å². The smallest absolute Gasteiger partial charge is 0.225 e. The van der Waals surface area contributed by atoms with Gasteiger partial charge in [0.05, 0.1) is 5.56 Å². The van der Waals surface area contributed by atoms with E-state index in [1.54, 1.807) is 47.8 Å². The number of aromatic nitrogens is 1. The van der Waals surface area contributed by atoms with E-state index >= 15 is 0 Å². The standard InChI is InChI=1S/C16H15FN4O2/c17-14-7-2-1-5-12(14)11-23-16-13(6-3-8-18-16)15(20-22)21-10-4-9-19-21/h1-3,5-9,22H,4,10-11H2/b20-15-. The predicted octanol–water partition coefficient (Wildman–Crippen LogP) is 2.63. The molecular weight excluding hydrogens is 299 g/mol. The third-order valence-corrected chi connectivity index (χ3v) is 3.36. The number of benzene rings is 1. The van der Waals surface area contributed by atoms with Crippen molar-refractivity contribution in [1.29, 1.82) is 0 Å². The predicted molar refractivity (Wildman–Crippen MR) is 83.1 cm³/mol. The van der Waals surface area contributed by atoms with E-state index in [1.807, 2.05) is 0 Å². The Labute approximate surface area is 132 Å². The van der Waals surface area contributed by atoms with Gasteiger partial charge in [0.15, 0.2) is 0 Å². The van der Waals surface area contributed by atoms with Crippen LogP contribution in [0, 0.1) is 5.82 Å². The van der Waals surface area contributed by atoms with Crippen LogP contribution in [-0.2, 0) is 6.61 Å². The van der Waals surface area contributed by atoms with Gasteiger partial charge in [-0.2, -0.15) is 5.10 Å². The fourth-order valence-electron chi connectivity index (χ4n) is 2.24. The lowest BCUT2D eigenvalue weighted by atomic mass is 10.2. The second-order valence-electron chi connectivity index (χ2n) is 4.87. The van der Waals surface area contributed by atoms with Crippen LogP contribution in [-0.4, -0.2) is 33.8 Å². The number of oxime groups is 1. The monoisotopic (exact) mass is 314 g/mol. The van der Waals surface area contributed by atoms with Gasteiger partial charge in [-0.25, -0.2) is 14.4 Å². The van der Waals surface area contributed by atoms with Crippen molar-refractivity contribution < 1.29 is 14.3 Å². The Balaban J connectivity index is 1.83. The SMILES string of the molecule is O/N=C(/c1cccnc1OCc1ccccc1F)N1CCC=N1. The van der Waals surface area contributed by atoms with E-state index in [2.05, 4.69) is 15.2 Å². The highest BCUT2D eigenvalue weighted by molar-refractivity contribution is 6.00. The minimum atomic E-state index is -0.342. The van der Waals surface area contributed by atoms with E-state index in [0.29, 0.717) is 17.7 Å². The van der Waals surface area contributed by atoms with Crippen molar-refractivity contribution in [1.82, 2.24) is 9.99 Å². The van der Waals surface area contributed by atoms with Crippen molar-refractivity contribution in [2.24, 2.45) is 10.3 Å². The molecule has 0 unspecified atom stereocenters. The first-order chi connectivity index (χ1) is 11.3. The zero-order valence-corrected chi connectivity index (χ0v) is 12.3. The lowest BCUT2D eigenvalue weighted by molar-refractivity contribution is 0.283. The molecule has 0 spiro atoms. The molecule has 2 aromatic rings. The summed E-state index contributed by atoms with van der Waals surface area (Å²) in [6.45, 7) is 0.639. The molecule has 1 aliphatic rings. The van der Waals surface area contributed by atoms with Crippen LogP contribution in [0.3, 0.4) is 0 Å². The largest absolute Gasteiger partial charge is 0.472 e. The molecule has 6 nitrogen and oxygen atoms in total. The van der Waals surface area contributed by atoms with Crippen LogP contribution in [0.1, 0.15) is 17.5 Å². The van der Waals surface area contributed by atoms with E-state index in [0.717, 1.165) is 6.42 Å². The van der Waals surface area contributed by atoms with Gasteiger partial charge in [0.25, 0.3) is 0 Å². The summed E-state index contributed by atoms with van der Waals surface area (Å²) in [6.07, 6.45) is 4.06. The number of amidine groups is 1. The van der Waals surface area contributed by atoms with E-state index in [1.165, 1.54) is 6.07 Å². The third kappa shape index (κ3) is 3.28. The molecular formula is C16H15FN4O2. The van der Waals surface area contributed by atoms with Crippen LogP contribution in [0.25, 0.3) is 0 Å². The molecule has 23 heavy (non-hydrogen) atoms. The molecule has 0 atom stereocenters. The Morgan fingerprint density at radius 3 is 2.91 bits per heavy atom. The van der Waals surface area contributed by atoms with E-state index in [9.17, 15) is 9.60 Å². The molecule has 1 aromatic heterocycles. The Morgan fingerprint density at radius 1 is 1.30 bits per heavy atom. The van der Waals surface area contributed by atoms with Gasteiger partial charge in [0.2, 0.25) is 11.7 Å². The molecule has 7 heteroatoms. The Morgan fingerprint density at radius 2 is 2.17 bits per heavy atom. The van der Waals surface area contributed by atoms with Gasteiger partial charge in [-0.05, 0) is 18.2 Å². The van der Waals surface area contributed by atoms with Crippen LogP contribution < -0.4 is 4.74 Å². The Bertz CT molecular complexity index is 748. The first kappa shape index (κ1) is 15.0. The molecule has 0 amide bonds. The second kappa shape index (κ2) is 6.87. The highest BCUT2D eigenvalue weighted by atomic mass is 19.1. The van der Waals surface area contributed by atoms with Crippen LogP contribution in [0.4, 0.5) is 4.39 Å². The van der Waals surface area contributed by atoms with Crippen LogP contribution in [0.5, 0.6) is 5.88 Å². The van der Waals surface area contributed by atoms with Crippen molar-refractivity contribution >= 4 is 12.1 Å². The number of nitrogens with zero attached hydrogens (tertiary/aromatic N) is 4. The number of hydrogen-bond donors (Lipinski definition) is 1. The summed E-state index contributed by atoms with van der Waals surface area (Å²) in [4.78, 5) is 4.15. The van der Waals surface area contributed by atoms with E-state index < -0.39 is 0 Å². The van der Waals surface area contributed by atoms with Gasteiger partial charge in [0.1, 0.15) is 12.4 Å². The first-order valence-corrected chi connectivity index (χ1v) is 7.13. The van der Waals surface area contributed by atoms with Crippen molar-refractivity contribution in [2.75, 3.05) is 6.54 Å². The fourth-order valence-corrected chi connectivity index (χ4v) is 2.24. The van der Waals surface area contributed by atoms with Crippen LogP contribution in [0.15, 0.2) is 52.9 Å². The zero-order valence-electron chi connectivity index (χ0n) is 12.3. The van der Waals surface area contributed by atoms with Gasteiger partial charge in [0, 0.05) is 30.9 Å². The number of rotatable bonds is 4. The summed E-state index contributed by atoms with van der Waals surface area (Å²) in [5.41, 5.74) is 0.913. The lowest BCUT2D eigenvalue weighted by Crippen LogP contribution is -2.25. The van der Waals surface area contributed by atoms with Gasteiger partial charge in [-0.3, -0.25) is 0 Å². The fraction of sp³-hybridized carbons (Fsp3) is 0.188. The lowest BCUT2D eigenvalue weighted by Gasteiger charge is -2.17. The molecule has 1 aliphatic heterocycles. The van der Waals surface area contributed by atoms with Crippen LogP contribution in [0.2, 0.25) is 0 Å². The average molecular weight is 314 g/mol. The Hall–Kier alpha value is -2.96. The van der Waals surface area contributed by atoms with Crippen molar-refractivity contribution in [2.45, 2.75) is 13.0 Å². The minimum Gasteiger partial charge on any atom is -0.472 e. The van der Waals surface area contributed by atoms with Crippen molar-refractivity contribution in [3.05, 3.63) is 59.5 Å². The molecule has 0 bridgehead atoms. The maximum Gasteiger partial charge on any atom is 0.225 e. The topological polar surface area (TPSA) is 70.3 Å². The molecule has 0 saturated heterocycles. The molecule has 2 heterocycles. The van der Waals surface area contributed by atoms with Crippen molar-refractivity contribution in [3.63, 3.8) is 0 Å². The van der Waals surface area contributed by atoms with Crippen molar-refractivity contribution in [3.8, 4) is 5.88 Å². The number of hydrazone groups is 1. The molecule has 0 saturated carbocycles. The number of pyridine rings is 1. The van der Waals surface area contributed by atoms with Gasteiger partial charge in [-0.1, -0.05) is 23.4 Å². The summed E-state index contributed by atoms with van der Waals surface area (Å²) >= 11 is 0. The first-order valence-electron chi connectivity index (χ1n) is 7.13. The van der Waals surface area contributed by atoms with E-state index in [-0.39, 0.29) is 24.1 Å². The minimum absolute atomic E-state index is 0.0265. The highest BCUT2D eigenvalue weighted by Gasteiger charge is 2.21. The molecule has 118 valence electrons.